The maximum absolute atomic E-state index is 13.0. The summed E-state index contributed by atoms with van der Waals surface area (Å²) in [6, 6.07) is 4.46. The van der Waals surface area contributed by atoms with E-state index < -0.39 is 0 Å². The second-order valence-corrected chi connectivity index (χ2v) is 8.02. The van der Waals surface area contributed by atoms with E-state index in [4.69, 9.17) is 0 Å². The molecular weight excluding hydrogens is 384 g/mol. The smallest absolute Gasteiger partial charge is 0.317 e. The van der Waals surface area contributed by atoms with E-state index in [2.05, 4.69) is 5.32 Å². The molecule has 0 spiro atoms. The predicted molar refractivity (Wildman–Crippen MR) is 112 cm³/mol. The van der Waals surface area contributed by atoms with E-state index in [1.54, 1.807) is 35.8 Å². The van der Waals surface area contributed by atoms with Gasteiger partial charge in [-0.05, 0) is 58.7 Å². The first-order valence-corrected chi connectivity index (χ1v) is 10.6. The van der Waals surface area contributed by atoms with E-state index >= 15 is 0 Å². The SMILES string of the molecule is CCN(CC)C(=O)NC1CCN(C(=O)c2ccc3c(c2)C(=O)N(C(C)C)C3=O)CC1. The summed E-state index contributed by atoms with van der Waals surface area (Å²) in [7, 11) is 0. The van der Waals surface area contributed by atoms with Gasteiger partial charge in [-0.15, -0.1) is 0 Å². The highest BCUT2D eigenvalue weighted by molar-refractivity contribution is 6.22. The van der Waals surface area contributed by atoms with Crippen molar-refractivity contribution in [3.8, 4) is 0 Å². The van der Waals surface area contributed by atoms with Gasteiger partial charge in [-0.2, -0.15) is 0 Å². The zero-order valence-electron chi connectivity index (χ0n) is 18.1. The zero-order chi connectivity index (χ0) is 22.0. The van der Waals surface area contributed by atoms with Gasteiger partial charge in [0.2, 0.25) is 0 Å². The monoisotopic (exact) mass is 414 g/mol. The molecule has 0 aromatic heterocycles. The Balaban J connectivity index is 1.64. The highest BCUT2D eigenvalue weighted by atomic mass is 16.2. The lowest BCUT2D eigenvalue weighted by Gasteiger charge is -2.33. The molecule has 8 nitrogen and oxygen atoms in total. The van der Waals surface area contributed by atoms with Gasteiger partial charge in [0.1, 0.15) is 0 Å². The summed E-state index contributed by atoms with van der Waals surface area (Å²) >= 11 is 0. The van der Waals surface area contributed by atoms with Gasteiger partial charge in [0, 0.05) is 43.8 Å². The number of nitrogens with zero attached hydrogens (tertiary/aromatic N) is 3. The molecule has 162 valence electrons. The van der Waals surface area contributed by atoms with Crippen molar-refractivity contribution in [1.82, 2.24) is 20.0 Å². The summed E-state index contributed by atoms with van der Waals surface area (Å²) in [6.45, 7) is 9.85. The van der Waals surface area contributed by atoms with Crippen LogP contribution in [0.3, 0.4) is 0 Å². The number of amides is 5. The van der Waals surface area contributed by atoms with Crippen LogP contribution in [0.2, 0.25) is 0 Å². The van der Waals surface area contributed by atoms with Crippen LogP contribution in [-0.2, 0) is 0 Å². The number of carbonyl (C=O) groups excluding carboxylic acids is 4. The van der Waals surface area contributed by atoms with Crippen LogP contribution < -0.4 is 5.32 Å². The standard InChI is InChI=1S/C22H30N4O4/c1-5-24(6-2)22(30)23-16-9-11-25(12-10-16)19(27)15-7-8-17-18(13-15)21(29)26(14(3)4)20(17)28/h7-8,13-14,16H,5-6,9-12H2,1-4H3,(H,23,30). The molecule has 2 aliphatic heterocycles. The summed E-state index contributed by atoms with van der Waals surface area (Å²) in [5.74, 6) is -0.819. The van der Waals surface area contributed by atoms with Gasteiger partial charge >= 0.3 is 6.03 Å². The number of carbonyl (C=O) groups is 4. The summed E-state index contributed by atoms with van der Waals surface area (Å²) in [5, 5.41) is 3.04. The Hall–Kier alpha value is -2.90. The third-order valence-electron chi connectivity index (χ3n) is 5.84. The minimum atomic E-state index is -0.350. The molecule has 5 amide bonds. The first kappa shape index (κ1) is 21.8. The molecule has 2 heterocycles. The number of hydrogen-bond acceptors (Lipinski definition) is 4. The third kappa shape index (κ3) is 4.04. The lowest BCUT2D eigenvalue weighted by Crippen LogP contribution is -2.50. The molecule has 8 heteroatoms. The molecule has 0 bridgehead atoms. The number of likely N-dealkylation sites (tertiary alicyclic amines) is 1. The van der Waals surface area contributed by atoms with Crippen molar-refractivity contribution < 1.29 is 19.2 Å². The molecule has 3 rings (SSSR count). The number of rotatable bonds is 5. The predicted octanol–water partition coefficient (Wildman–Crippen LogP) is 2.35. The molecule has 1 N–H and O–H groups in total. The number of hydrogen-bond donors (Lipinski definition) is 1. The van der Waals surface area contributed by atoms with Crippen LogP contribution in [0.15, 0.2) is 18.2 Å². The normalized spacial score (nSPS) is 16.8. The lowest BCUT2D eigenvalue weighted by molar-refractivity contribution is 0.0608. The number of piperidine rings is 1. The average Bonchev–Trinajstić information content (AvgIpc) is 2.98. The molecule has 0 aliphatic carbocycles. The Morgan fingerprint density at radius 3 is 2.23 bits per heavy atom. The maximum atomic E-state index is 13.0. The number of urea groups is 1. The highest BCUT2D eigenvalue weighted by Gasteiger charge is 2.38. The minimum Gasteiger partial charge on any atom is -0.338 e. The molecular formula is C22H30N4O4. The van der Waals surface area contributed by atoms with Crippen molar-refractivity contribution >= 4 is 23.8 Å². The van der Waals surface area contributed by atoms with Gasteiger partial charge in [-0.25, -0.2) is 4.79 Å². The van der Waals surface area contributed by atoms with E-state index in [0.717, 1.165) is 0 Å². The van der Waals surface area contributed by atoms with Crippen molar-refractivity contribution in [3.63, 3.8) is 0 Å². The Labute approximate surface area is 177 Å². The van der Waals surface area contributed by atoms with Gasteiger partial charge in [-0.1, -0.05) is 0 Å². The number of imide groups is 1. The molecule has 1 aromatic carbocycles. The van der Waals surface area contributed by atoms with Crippen molar-refractivity contribution in [2.75, 3.05) is 26.2 Å². The van der Waals surface area contributed by atoms with Crippen molar-refractivity contribution in [2.45, 2.75) is 52.6 Å². The molecule has 0 saturated carbocycles. The topological polar surface area (TPSA) is 90.0 Å². The van der Waals surface area contributed by atoms with Gasteiger partial charge in [0.15, 0.2) is 0 Å². The second kappa shape index (κ2) is 8.85. The Morgan fingerprint density at radius 1 is 1.07 bits per heavy atom. The summed E-state index contributed by atoms with van der Waals surface area (Å²) < 4.78 is 0. The first-order chi connectivity index (χ1) is 14.3. The Morgan fingerprint density at radius 2 is 1.67 bits per heavy atom. The first-order valence-electron chi connectivity index (χ1n) is 10.6. The quantitative estimate of drug-likeness (QED) is 0.749. The van der Waals surface area contributed by atoms with Crippen LogP contribution in [0.5, 0.6) is 0 Å². The average molecular weight is 415 g/mol. The van der Waals surface area contributed by atoms with Crippen LogP contribution >= 0.6 is 0 Å². The van der Waals surface area contributed by atoms with Crippen LogP contribution in [0.25, 0.3) is 0 Å². The molecule has 0 atom stereocenters. The fourth-order valence-electron chi connectivity index (χ4n) is 4.05. The molecule has 30 heavy (non-hydrogen) atoms. The molecule has 0 radical (unpaired) electrons. The van der Waals surface area contributed by atoms with E-state index in [0.29, 0.717) is 55.7 Å². The van der Waals surface area contributed by atoms with Gasteiger partial charge in [0.25, 0.3) is 17.7 Å². The van der Waals surface area contributed by atoms with Crippen molar-refractivity contribution in [1.29, 1.82) is 0 Å². The second-order valence-electron chi connectivity index (χ2n) is 8.02. The summed E-state index contributed by atoms with van der Waals surface area (Å²) in [4.78, 5) is 54.9. The minimum absolute atomic E-state index is 0.0426. The summed E-state index contributed by atoms with van der Waals surface area (Å²) in [5.41, 5.74) is 1.05. The van der Waals surface area contributed by atoms with Crippen molar-refractivity contribution in [2.24, 2.45) is 0 Å². The lowest BCUT2D eigenvalue weighted by atomic mass is 10.0. The molecule has 1 fully saturated rings. The number of nitrogens with one attached hydrogen (secondary N) is 1. The van der Waals surface area contributed by atoms with Gasteiger partial charge < -0.3 is 15.1 Å². The number of benzene rings is 1. The summed E-state index contributed by atoms with van der Waals surface area (Å²) in [6.07, 6.45) is 1.37. The van der Waals surface area contributed by atoms with E-state index in [-0.39, 0.29) is 35.8 Å². The number of fused-ring (bicyclic) bond motifs is 1. The van der Waals surface area contributed by atoms with Gasteiger partial charge in [0.05, 0.1) is 11.1 Å². The fraction of sp³-hybridized carbons (Fsp3) is 0.545. The maximum Gasteiger partial charge on any atom is 0.317 e. The molecule has 1 aromatic rings. The van der Waals surface area contributed by atoms with Gasteiger partial charge in [-0.3, -0.25) is 19.3 Å². The molecule has 1 saturated heterocycles. The zero-order valence-corrected chi connectivity index (χ0v) is 18.1. The Bertz CT molecular complexity index is 855. The van der Waals surface area contributed by atoms with E-state index in [9.17, 15) is 19.2 Å². The van der Waals surface area contributed by atoms with Crippen LogP contribution in [0, 0.1) is 0 Å². The Kier molecular flexibility index (Phi) is 6.43. The largest absolute Gasteiger partial charge is 0.338 e. The van der Waals surface area contributed by atoms with Crippen molar-refractivity contribution in [3.05, 3.63) is 34.9 Å². The van der Waals surface area contributed by atoms with Crippen LogP contribution in [-0.4, -0.2) is 76.7 Å². The van der Waals surface area contributed by atoms with E-state index in [1.165, 1.54) is 11.0 Å². The fourth-order valence-corrected chi connectivity index (χ4v) is 4.05. The van der Waals surface area contributed by atoms with E-state index in [1.807, 2.05) is 13.8 Å². The van der Waals surface area contributed by atoms with Crippen LogP contribution in [0.1, 0.15) is 71.6 Å². The molecule has 0 unspecified atom stereocenters. The highest BCUT2D eigenvalue weighted by Crippen LogP contribution is 2.26. The third-order valence-corrected chi connectivity index (χ3v) is 5.84. The van der Waals surface area contributed by atoms with Crippen LogP contribution in [0.4, 0.5) is 4.79 Å². The molecule has 2 aliphatic rings.